The first-order valence-electron chi connectivity index (χ1n) is 10.2. The molecule has 2 N–H and O–H groups in total. The Labute approximate surface area is 178 Å². The summed E-state index contributed by atoms with van der Waals surface area (Å²) in [6.07, 6.45) is 4.56. The number of hydrogen-bond donors (Lipinski definition) is 2. The number of rotatable bonds is 6. The van der Waals surface area contributed by atoms with Crippen LogP contribution in [0.1, 0.15) is 53.2 Å². The highest BCUT2D eigenvalue weighted by Gasteiger charge is 2.10. The molecule has 1 amide bonds. The molecule has 2 aromatic carbocycles. The monoisotopic (exact) mass is 400 g/mol. The summed E-state index contributed by atoms with van der Waals surface area (Å²) < 4.78 is 0. The SMILES string of the molecule is CC[C@@H](C)c1ccc(NC(=NCc2ccncc2)NC(=O)c2cccc(C)c2)cc1. The Morgan fingerprint density at radius 3 is 2.47 bits per heavy atom. The second-order valence-electron chi connectivity index (χ2n) is 7.40. The van der Waals surface area contributed by atoms with Gasteiger partial charge in [-0.3, -0.25) is 15.1 Å². The number of amides is 1. The minimum absolute atomic E-state index is 0.198. The molecule has 3 aromatic rings. The molecule has 30 heavy (non-hydrogen) atoms. The number of benzene rings is 2. The van der Waals surface area contributed by atoms with E-state index in [2.05, 4.69) is 46.6 Å². The van der Waals surface area contributed by atoms with Crippen molar-refractivity contribution in [3.63, 3.8) is 0 Å². The Hall–Kier alpha value is -3.47. The fourth-order valence-electron chi connectivity index (χ4n) is 3.00. The molecule has 0 saturated heterocycles. The molecule has 1 heterocycles. The molecule has 5 nitrogen and oxygen atoms in total. The average molecular weight is 401 g/mol. The van der Waals surface area contributed by atoms with Crippen LogP contribution in [0.15, 0.2) is 78.0 Å². The molecule has 1 aromatic heterocycles. The van der Waals surface area contributed by atoms with Crippen LogP contribution in [0.3, 0.4) is 0 Å². The molecular weight excluding hydrogens is 372 g/mol. The number of carbonyl (C=O) groups is 1. The zero-order valence-electron chi connectivity index (χ0n) is 17.7. The first-order chi connectivity index (χ1) is 14.5. The summed E-state index contributed by atoms with van der Waals surface area (Å²) >= 11 is 0. The lowest BCUT2D eigenvalue weighted by Crippen LogP contribution is -2.36. The summed E-state index contributed by atoms with van der Waals surface area (Å²) in [6, 6.07) is 19.6. The van der Waals surface area contributed by atoms with Crippen LogP contribution in [0.4, 0.5) is 5.69 Å². The van der Waals surface area contributed by atoms with E-state index >= 15 is 0 Å². The molecule has 0 fully saturated rings. The number of aliphatic imine (C=N–C) groups is 1. The second-order valence-corrected chi connectivity index (χ2v) is 7.40. The predicted octanol–water partition coefficient (Wildman–Crippen LogP) is 5.30. The van der Waals surface area contributed by atoms with Gasteiger partial charge in [-0.1, -0.05) is 43.7 Å². The van der Waals surface area contributed by atoms with Gasteiger partial charge in [0.25, 0.3) is 5.91 Å². The molecule has 0 saturated carbocycles. The summed E-state index contributed by atoms with van der Waals surface area (Å²) in [5.74, 6) is 0.727. The molecule has 0 aliphatic rings. The van der Waals surface area contributed by atoms with Crippen LogP contribution in [0.5, 0.6) is 0 Å². The third-order valence-electron chi connectivity index (χ3n) is 5.04. The van der Waals surface area contributed by atoms with E-state index in [-0.39, 0.29) is 5.91 Å². The number of nitrogens with zero attached hydrogens (tertiary/aromatic N) is 2. The van der Waals surface area contributed by atoms with Gasteiger partial charge in [-0.05, 0) is 66.8 Å². The van der Waals surface area contributed by atoms with Crippen LogP contribution in [-0.4, -0.2) is 16.9 Å². The summed E-state index contributed by atoms with van der Waals surface area (Å²) in [5, 5.41) is 6.16. The van der Waals surface area contributed by atoms with Crippen LogP contribution in [0.25, 0.3) is 0 Å². The highest BCUT2D eigenvalue weighted by Crippen LogP contribution is 2.20. The van der Waals surface area contributed by atoms with E-state index < -0.39 is 0 Å². The van der Waals surface area contributed by atoms with Crippen LogP contribution in [0.2, 0.25) is 0 Å². The van der Waals surface area contributed by atoms with Crippen molar-refractivity contribution in [2.75, 3.05) is 5.32 Å². The maximum Gasteiger partial charge on any atom is 0.257 e. The van der Waals surface area contributed by atoms with Gasteiger partial charge in [0.2, 0.25) is 5.96 Å². The van der Waals surface area contributed by atoms with E-state index in [0.29, 0.717) is 24.0 Å². The molecule has 0 spiro atoms. The van der Waals surface area contributed by atoms with Gasteiger partial charge in [0.15, 0.2) is 0 Å². The highest BCUT2D eigenvalue weighted by atomic mass is 16.1. The number of aryl methyl sites for hydroxylation is 1. The van der Waals surface area contributed by atoms with Crippen molar-refractivity contribution in [1.29, 1.82) is 0 Å². The molecule has 0 aliphatic carbocycles. The summed E-state index contributed by atoms with van der Waals surface area (Å²) in [4.78, 5) is 21.4. The van der Waals surface area contributed by atoms with Gasteiger partial charge in [0.1, 0.15) is 0 Å². The van der Waals surface area contributed by atoms with Gasteiger partial charge in [-0.2, -0.15) is 0 Å². The Balaban J connectivity index is 1.79. The summed E-state index contributed by atoms with van der Waals surface area (Å²) in [7, 11) is 0. The van der Waals surface area contributed by atoms with E-state index in [1.165, 1.54) is 5.56 Å². The lowest BCUT2D eigenvalue weighted by Gasteiger charge is -2.14. The van der Waals surface area contributed by atoms with E-state index in [1.807, 2.05) is 49.4 Å². The second kappa shape index (κ2) is 10.3. The Morgan fingerprint density at radius 1 is 1.07 bits per heavy atom. The number of pyridine rings is 1. The molecule has 0 unspecified atom stereocenters. The molecule has 1 atom stereocenters. The third kappa shape index (κ3) is 6.01. The first kappa shape index (κ1) is 21.2. The van der Waals surface area contributed by atoms with Crippen molar-refractivity contribution in [2.24, 2.45) is 4.99 Å². The van der Waals surface area contributed by atoms with Gasteiger partial charge in [-0.25, -0.2) is 4.99 Å². The Morgan fingerprint density at radius 2 is 1.80 bits per heavy atom. The molecule has 5 heteroatoms. The van der Waals surface area contributed by atoms with E-state index in [1.54, 1.807) is 18.5 Å². The highest BCUT2D eigenvalue weighted by molar-refractivity contribution is 6.10. The van der Waals surface area contributed by atoms with Crippen molar-refractivity contribution in [3.05, 3.63) is 95.3 Å². The van der Waals surface area contributed by atoms with Gasteiger partial charge >= 0.3 is 0 Å². The standard InChI is InChI=1S/C25H28N4O/c1-4-19(3)21-8-10-23(11-9-21)28-25(27-17-20-12-14-26-15-13-20)29-24(30)22-7-5-6-18(2)16-22/h5-16,19H,4,17H2,1-3H3,(H2,27,28,29,30)/t19-/m1/s1. The third-order valence-corrected chi connectivity index (χ3v) is 5.04. The van der Waals surface area contributed by atoms with E-state index in [9.17, 15) is 4.79 Å². The van der Waals surface area contributed by atoms with Crippen LogP contribution in [-0.2, 0) is 6.54 Å². The number of aromatic nitrogens is 1. The van der Waals surface area contributed by atoms with Gasteiger partial charge in [-0.15, -0.1) is 0 Å². The number of hydrogen-bond acceptors (Lipinski definition) is 3. The van der Waals surface area contributed by atoms with Gasteiger partial charge in [0, 0.05) is 23.6 Å². The van der Waals surface area contributed by atoms with Crippen LogP contribution in [0, 0.1) is 6.92 Å². The summed E-state index contributed by atoms with van der Waals surface area (Å²) in [6.45, 7) is 6.80. The van der Waals surface area contributed by atoms with Gasteiger partial charge < -0.3 is 5.32 Å². The fraction of sp³-hybridized carbons (Fsp3) is 0.240. The largest absolute Gasteiger partial charge is 0.326 e. The number of nitrogens with one attached hydrogen (secondary N) is 2. The number of anilines is 1. The molecule has 0 bridgehead atoms. The summed E-state index contributed by atoms with van der Waals surface area (Å²) in [5.41, 5.74) is 4.82. The molecule has 154 valence electrons. The number of carbonyl (C=O) groups excluding carboxylic acids is 1. The Kier molecular flexibility index (Phi) is 7.33. The smallest absolute Gasteiger partial charge is 0.257 e. The lowest BCUT2D eigenvalue weighted by molar-refractivity contribution is 0.0977. The van der Waals surface area contributed by atoms with E-state index in [4.69, 9.17) is 0 Å². The van der Waals surface area contributed by atoms with Crippen LogP contribution < -0.4 is 10.6 Å². The minimum Gasteiger partial charge on any atom is -0.326 e. The maximum atomic E-state index is 12.7. The lowest BCUT2D eigenvalue weighted by atomic mass is 9.99. The molecule has 0 aliphatic heterocycles. The maximum absolute atomic E-state index is 12.7. The van der Waals surface area contributed by atoms with Crippen molar-refractivity contribution >= 4 is 17.6 Å². The molecule has 3 rings (SSSR count). The fourth-order valence-corrected chi connectivity index (χ4v) is 3.00. The zero-order valence-corrected chi connectivity index (χ0v) is 17.7. The van der Waals surface area contributed by atoms with Crippen molar-refractivity contribution in [1.82, 2.24) is 10.3 Å². The van der Waals surface area contributed by atoms with Crippen LogP contribution >= 0.6 is 0 Å². The number of guanidine groups is 1. The van der Waals surface area contributed by atoms with Crippen molar-refractivity contribution in [2.45, 2.75) is 39.7 Å². The van der Waals surface area contributed by atoms with E-state index in [0.717, 1.165) is 23.2 Å². The quantitative estimate of drug-likeness (QED) is 0.436. The zero-order chi connectivity index (χ0) is 21.3. The predicted molar refractivity (Wildman–Crippen MR) is 123 cm³/mol. The normalized spacial score (nSPS) is 12.3. The average Bonchev–Trinajstić information content (AvgIpc) is 2.78. The topological polar surface area (TPSA) is 66.4 Å². The molecule has 0 radical (unpaired) electrons. The minimum atomic E-state index is -0.198. The Bertz CT molecular complexity index is 997. The van der Waals surface area contributed by atoms with Crippen molar-refractivity contribution < 1.29 is 4.79 Å². The van der Waals surface area contributed by atoms with Crippen molar-refractivity contribution in [3.8, 4) is 0 Å². The first-order valence-corrected chi connectivity index (χ1v) is 10.2. The molecular formula is C25H28N4O. The van der Waals surface area contributed by atoms with Gasteiger partial charge in [0.05, 0.1) is 6.54 Å².